The van der Waals surface area contributed by atoms with Gasteiger partial charge in [-0.25, -0.2) is 4.99 Å². The molecule has 0 amide bonds. The molecule has 1 saturated heterocycles. The maximum atomic E-state index is 12.9. The van der Waals surface area contributed by atoms with Crippen molar-refractivity contribution in [3.8, 4) is 0 Å². The number of nitrogens with zero attached hydrogens (tertiary/aromatic N) is 4. The molecule has 0 radical (unpaired) electrons. The number of rotatable bonds is 5. The van der Waals surface area contributed by atoms with Crippen LogP contribution in [0, 0.1) is 0 Å². The van der Waals surface area contributed by atoms with E-state index in [0.29, 0.717) is 0 Å². The standard InChI is InChI=1S/C16H19Cl2N5O7/c1-6(25)13(28)9(4-24)30-15(8(3)27,14(13,29)7(2)26)23-5-20-10-11(23)21-12(17)22-16(10,18)19/h9,24,28-29H,4-5,19H2,1-3H3/t9-,13-,14-,15-,16?/m1/s1. The summed E-state index contributed by atoms with van der Waals surface area (Å²) in [7, 11) is 0. The van der Waals surface area contributed by atoms with E-state index in [-0.39, 0.29) is 11.5 Å². The predicted molar refractivity (Wildman–Crippen MR) is 104 cm³/mol. The van der Waals surface area contributed by atoms with E-state index in [1.54, 1.807) is 0 Å². The molecular weight excluding hydrogens is 445 g/mol. The number of Topliss-reactive ketones (excluding diaryl/α,β-unsaturated/α-hetero) is 3. The number of hydrogen-bond donors (Lipinski definition) is 4. The highest BCUT2D eigenvalue weighted by Crippen LogP contribution is 2.51. The number of aliphatic hydroxyl groups is 3. The van der Waals surface area contributed by atoms with E-state index in [0.717, 1.165) is 25.7 Å². The number of alkyl halides is 1. The fourth-order valence-corrected chi connectivity index (χ4v) is 4.63. The van der Waals surface area contributed by atoms with Crippen LogP contribution in [0.5, 0.6) is 0 Å². The van der Waals surface area contributed by atoms with Gasteiger partial charge in [-0.15, -0.1) is 0 Å². The van der Waals surface area contributed by atoms with Gasteiger partial charge < -0.3 is 20.1 Å². The lowest BCUT2D eigenvalue weighted by Crippen LogP contribution is -2.77. The Morgan fingerprint density at radius 1 is 1.23 bits per heavy atom. The Morgan fingerprint density at radius 3 is 2.30 bits per heavy atom. The molecule has 0 aromatic rings. The molecule has 0 saturated carbocycles. The third-order valence-corrected chi connectivity index (χ3v) is 5.95. The molecule has 3 heterocycles. The summed E-state index contributed by atoms with van der Waals surface area (Å²) in [5.74, 6) is -3.54. The summed E-state index contributed by atoms with van der Waals surface area (Å²) in [5, 5.41) is 30.0. The van der Waals surface area contributed by atoms with Gasteiger partial charge in [0.15, 0.2) is 28.8 Å². The Hall–Kier alpha value is -1.80. The number of aliphatic hydroxyl groups excluding tert-OH is 1. The highest BCUT2D eigenvalue weighted by Gasteiger charge is 2.82. The number of aliphatic imine (C=N–C) groups is 3. The summed E-state index contributed by atoms with van der Waals surface area (Å²) in [6.45, 7) is 1.22. The van der Waals surface area contributed by atoms with E-state index in [9.17, 15) is 29.7 Å². The molecule has 164 valence electrons. The van der Waals surface area contributed by atoms with Gasteiger partial charge in [0.05, 0.1) is 6.61 Å². The molecule has 0 aromatic heterocycles. The monoisotopic (exact) mass is 463 g/mol. The molecule has 0 aromatic carbocycles. The summed E-state index contributed by atoms with van der Waals surface area (Å²) < 4.78 is 5.61. The second-order valence-electron chi connectivity index (χ2n) is 7.14. The maximum Gasteiger partial charge on any atom is 0.244 e. The lowest BCUT2D eigenvalue weighted by atomic mass is 9.69. The van der Waals surface area contributed by atoms with Gasteiger partial charge in [-0.1, -0.05) is 11.6 Å². The Kier molecular flexibility index (Phi) is 5.22. The van der Waals surface area contributed by atoms with Crippen molar-refractivity contribution in [1.29, 1.82) is 0 Å². The number of fused-ring (bicyclic) bond motifs is 1. The number of amidine groups is 2. The number of ether oxygens (including phenoxy) is 1. The molecule has 3 aliphatic rings. The van der Waals surface area contributed by atoms with Gasteiger partial charge in [-0.2, -0.15) is 4.99 Å². The van der Waals surface area contributed by atoms with Crippen molar-refractivity contribution in [1.82, 2.24) is 4.90 Å². The molecule has 3 aliphatic heterocycles. The Morgan fingerprint density at radius 2 is 1.83 bits per heavy atom. The Labute approximate surface area is 180 Å². The second-order valence-corrected chi connectivity index (χ2v) is 8.06. The van der Waals surface area contributed by atoms with Crippen LogP contribution in [0.15, 0.2) is 15.0 Å². The van der Waals surface area contributed by atoms with Gasteiger partial charge in [0.1, 0.15) is 18.5 Å². The first-order chi connectivity index (χ1) is 13.7. The highest BCUT2D eigenvalue weighted by atomic mass is 35.5. The highest BCUT2D eigenvalue weighted by molar-refractivity contribution is 6.70. The van der Waals surface area contributed by atoms with E-state index >= 15 is 0 Å². The molecule has 0 spiro atoms. The van der Waals surface area contributed by atoms with Crippen LogP contribution in [-0.2, 0) is 19.1 Å². The number of halogens is 2. The number of carbonyl (C=O) groups excluding carboxylic acids is 3. The fourth-order valence-electron chi connectivity index (χ4n) is 4.15. The van der Waals surface area contributed by atoms with E-state index in [1.807, 2.05) is 0 Å². The fraction of sp³-hybridized carbons (Fsp3) is 0.625. The number of carbonyl (C=O) groups is 3. The molecule has 5 atom stereocenters. The van der Waals surface area contributed by atoms with Gasteiger partial charge in [0.2, 0.25) is 21.7 Å². The van der Waals surface area contributed by atoms with Crippen molar-refractivity contribution < 1.29 is 34.4 Å². The Bertz CT molecular complexity index is 950. The lowest BCUT2D eigenvalue weighted by Gasteiger charge is -2.46. The summed E-state index contributed by atoms with van der Waals surface area (Å²) in [4.78, 5) is 50.7. The lowest BCUT2D eigenvalue weighted by molar-refractivity contribution is -0.210. The molecule has 30 heavy (non-hydrogen) atoms. The van der Waals surface area contributed by atoms with Gasteiger partial charge in [-0.05, 0) is 32.4 Å². The first-order valence-corrected chi connectivity index (χ1v) is 9.38. The topological polar surface area (TPSA) is 187 Å². The molecule has 1 fully saturated rings. The van der Waals surface area contributed by atoms with Gasteiger partial charge in [-0.3, -0.25) is 30.0 Å². The van der Waals surface area contributed by atoms with Crippen LogP contribution in [0.3, 0.4) is 0 Å². The minimum atomic E-state index is -3.16. The SMILES string of the molecule is CC(=O)[C@@]1(O)[C@@](O)(C(C)=O)[C@@H](CO)O[C@@]1(C(C)=O)N1CN=C2C1=NC(Cl)=NC2(N)Cl. The minimum absolute atomic E-state index is 0.150. The molecule has 1 unspecified atom stereocenters. The zero-order valence-corrected chi connectivity index (χ0v) is 17.6. The summed E-state index contributed by atoms with van der Waals surface area (Å²) in [5.41, 5.74) is -3.14. The third kappa shape index (κ3) is 2.52. The first-order valence-electron chi connectivity index (χ1n) is 8.63. The number of hydrogen-bond acceptors (Lipinski definition) is 12. The van der Waals surface area contributed by atoms with E-state index in [4.69, 9.17) is 33.7 Å². The molecule has 5 N–H and O–H groups in total. The zero-order chi connectivity index (χ0) is 22.9. The normalized spacial score (nSPS) is 40.5. The molecule has 0 bridgehead atoms. The van der Waals surface area contributed by atoms with Crippen LogP contribution in [0.2, 0.25) is 0 Å². The minimum Gasteiger partial charge on any atom is -0.394 e. The van der Waals surface area contributed by atoms with E-state index in [2.05, 4.69) is 15.0 Å². The quantitative estimate of drug-likeness (QED) is 0.260. The van der Waals surface area contributed by atoms with Crippen LogP contribution >= 0.6 is 23.2 Å². The smallest absolute Gasteiger partial charge is 0.244 e. The molecular formula is C16H19Cl2N5O7. The maximum absolute atomic E-state index is 12.9. The van der Waals surface area contributed by atoms with E-state index < -0.39 is 64.1 Å². The summed E-state index contributed by atoms with van der Waals surface area (Å²) >= 11 is 12.0. The van der Waals surface area contributed by atoms with Crippen LogP contribution in [0.1, 0.15) is 20.8 Å². The number of ketones is 3. The van der Waals surface area contributed by atoms with Gasteiger partial charge in [0, 0.05) is 0 Å². The molecule has 12 nitrogen and oxygen atoms in total. The molecule has 3 rings (SSSR count). The largest absolute Gasteiger partial charge is 0.394 e. The van der Waals surface area contributed by atoms with Gasteiger partial charge >= 0.3 is 0 Å². The molecule has 14 heteroatoms. The van der Waals surface area contributed by atoms with Crippen molar-refractivity contribution in [3.05, 3.63) is 0 Å². The third-order valence-electron chi connectivity index (χ3n) is 5.51. The zero-order valence-electron chi connectivity index (χ0n) is 16.1. The van der Waals surface area contributed by atoms with Crippen molar-refractivity contribution in [2.45, 2.75) is 48.9 Å². The number of nitrogens with two attached hydrogens (primary N) is 1. The van der Waals surface area contributed by atoms with Crippen molar-refractivity contribution >= 4 is 57.4 Å². The summed E-state index contributed by atoms with van der Waals surface area (Å²) in [6, 6.07) is 0. The summed E-state index contributed by atoms with van der Waals surface area (Å²) in [6.07, 6.45) is -1.84. The van der Waals surface area contributed by atoms with Crippen molar-refractivity contribution in [2.75, 3.05) is 13.3 Å². The predicted octanol–water partition coefficient (Wildman–Crippen LogP) is -2.12. The van der Waals surface area contributed by atoms with Crippen LogP contribution in [0.25, 0.3) is 0 Å². The van der Waals surface area contributed by atoms with E-state index in [1.165, 1.54) is 0 Å². The van der Waals surface area contributed by atoms with Crippen LogP contribution in [0.4, 0.5) is 0 Å². The van der Waals surface area contributed by atoms with Crippen LogP contribution < -0.4 is 5.73 Å². The van der Waals surface area contributed by atoms with Crippen molar-refractivity contribution in [2.24, 2.45) is 20.7 Å². The Balaban J connectivity index is 2.32. The first kappa shape index (κ1) is 22.9. The van der Waals surface area contributed by atoms with Crippen molar-refractivity contribution in [3.63, 3.8) is 0 Å². The van der Waals surface area contributed by atoms with Gasteiger partial charge in [0.25, 0.3) is 0 Å². The average Bonchev–Trinajstić information content (AvgIpc) is 3.13. The average molecular weight is 464 g/mol. The van der Waals surface area contributed by atoms with Crippen LogP contribution in [-0.4, -0.2) is 95.8 Å². The molecule has 0 aliphatic carbocycles. The second kappa shape index (κ2) is 6.85.